The molecule has 1 fully saturated rings. The number of nitrogens with one attached hydrogen (secondary N) is 1. The monoisotopic (exact) mass is 282 g/mol. The molecule has 1 aromatic rings. The Morgan fingerprint density at radius 2 is 2.26 bits per heavy atom. The standard InChI is InChI=1S/C14H22N2O2S/c1-5-10-13(17)16(9-14(2,3)18-4)12(15-10)11-7-6-8-19-11/h6-8,10,12,15H,5,9H2,1-4H3. The van der Waals surface area contributed by atoms with Crippen LogP contribution >= 0.6 is 11.3 Å². The molecule has 2 rings (SSSR count). The molecule has 0 aromatic carbocycles. The van der Waals surface area contributed by atoms with Gasteiger partial charge in [-0.3, -0.25) is 10.1 Å². The Bertz CT molecular complexity index is 431. The van der Waals surface area contributed by atoms with Crippen molar-refractivity contribution < 1.29 is 9.53 Å². The molecule has 1 amide bonds. The van der Waals surface area contributed by atoms with Crippen LogP contribution in [-0.4, -0.2) is 36.1 Å². The fourth-order valence-corrected chi connectivity index (χ4v) is 3.09. The molecule has 2 atom stereocenters. The third-order valence-electron chi connectivity index (χ3n) is 3.58. The number of amides is 1. The smallest absolute Gasteiger partial charge is 0.241 e. The Balaban J connectivity index is 2.23. The maximum atomic E-state index is 12.4. The van der Waals surface area contributed by atoms with Gasteiger partial charge in [0.1, 0.15) is 6.17 Å². The maximum Gasteiger partial charge on any atom is 0.241 e. The van der Waals surface area contributed by atoms with Gasteiger partial charge in [-0.15, -0.1) is 11.3 Å². The molecule has 5 heteroatoms. The second kappa shape index (κ2) is 5.61. The van der Waals surface area contributed by atoms with Crippen molar-refractivity contribution in [2.45, 2.75) is 45.0 Å². The molecule has 1 N–H and O–H groups in total. The van der Waals surface area contributed by atoms with E-state index < -0.39 is 0 Å². The topological polar surface area (TPSA) is 41.6 Å². The average Bonchev–Trinajstić information content (AvgIpc) is 2.99. The molecule has 0 aliphatic carbocycles. The van der Waals surface area contributed by atoms with Gasteiger partial charge >= 0.3 is 0 Å². The van der Waals surface area contributed by atoms with Gasteiger partial charge in [-0.05, 0) is 31.7 Å². The predicted octanol–water partition coefficient (Wildman–Crippen LogP) is 2.38. The highest BCUT2D eigenvalue weighted by Gasteiger charge is 2.41. The van der Waals surface area contributed by atoms with Crippen LogP contribution in [0.15, 0.2) is 17.5 Å². The molecule has 19 heavy (non-hydrogen) atoms. The SMILES string of the molecule is CCC1NC(c2cccs2)N(CC(C)(C)OC)C1=O. The number of hydrogen-bond acceptors (Lipinski definition) is 4. The predicted molar refractivity (Wildman–Crippen MR) is 77.1 cm³/mol. The number of nitrogens with zero attached hydrogens (tertiary/aromatic N) is 1. The molecule has 106 valence electrons. The molecule has 1 aliphatic heterocycles. The normalized spacial score (nSPS) is 24.2. The van der Waals surface area contributed by atoms with Gasteiger partial charge in [0.25, 0.3) is 0 Å². The first kappa shape index (κ1) is 14.5. The van der Waals surface area contributed by atoms with E-state index in [0.29, 0.717) is 6.54 Å². The summed E-state index contributed by atoms with van der Waals surface area (Å²) in [5, 5.41) is 5.46. The van der Waals surface area contributed by atoms with Gasteiger partial charge in [0, 0.05) is 12.0 Å². The van der Waals surface area contributed by atoms with Crippen molar-refractivity contribution in [2.75, 3.05) is 13.7 Å². The van der Waals surface area contributed by atoms with Crippen LogP contribution in [0.3, 0.4) is 0 Å². The van der Waals surface area contributed by atoms with Crippen molar-refractivity contribution in [3.05, 3.63) is 22.4 Å². The number of rotatable bonds is 5. The summed E-state index contributed by atoms with van der Waals surface area (Å²) in [6.07, 6.45) is 0.789. The van der Waals surface area contributed by atoms with Crippen molar-refractivity contribution in [1.29, 1.82) is 0 Å². The van der Waals surface area contributed by atoms with Crippen LogP contribution < -0.4 is 5.32 Å². The summed E-state index contributed by atoms with van der Waals surface area (Å²) in [6.45, 7) is 6.64. The van der Waals surface area contributed by atoms with E-state index in [2.05, 4.69) is 11.4 Å². The first-order chi connectivity index (χ1) is 8.98. The van der Waals surface area contributed by atoms with Crippen molar-refractivity contribution in [3.8, 4) is 0 Å². The van der Waals surface area contributed by atoms with Gasteiger partial charge in [0.05, 0.1) is 18.2 Å². The van der Waals surface area contributed by atoms with E-state index in [1.165, 1.54) is 4.88 Å². The molecule has 2 unspecified atom stereocenters. The number of carbonyl (C=O) groups is 1. The Morgan fingerprint density at radius 3 is 2.79 bits per heavy atom. The Kier molecular flexibility index (Phi) is 4.28. The van der Waals surface area contributed by atoms with E-state index in [9.17, 15) is 4.79 Å². The Hall–Kier alpha value is -0.910. The number of carbonyl (C=O) groups excluding carboxylic acids is 1. The van der Waals surface area contributed by atoms with Gasteiger partial charge in [-0.25, -0.2) is 0 Å². The quantitative estimate of drug-likeness (QED) is 0.901. The van der Waals surface area contributed by atoms with Gasteiger partial charge in [0.2, 0.25) is 5.91 Å². The zero-order valence-electron chi connectivity index (χ0n) is 12.0. The third-order valence-corrected chi connectivity index (χ3v) is 4.50. The first-order valence-corrected chi connectivity index (χ1v) is 7.51. The van der Waals surface area contributed by atoms with Crippen LogP contribution in [0.4, 0.5) is 0 Å². The molecule has 0 bridgehead atoms. The van der Waals surface area contributed by atoms with Crippen LogP contribution in [0.5, 0.6) is 0 Å². The van der Waals surface area contributed by atoms with Gasteiger partial charge < -0.3 is 9.64 Å². The highest BCUT2D eigenvalue weighted by atomic mass is 32.1. The lowest BCUT2D eigenvalue weighted by Gasteiger charge is -2.32. The molecule has 1 aromatic heterocycles. The number of methoxy groups -OCH3 is 1. The maximum absolute atomic E-state index is 12.4. The van der Waals surface area contributed by atoms with Crippen LogP contribution in [0, 0.1) is 0 Å². The number of thiophene rings is 1. The number of ether oxygens (including phenoxy) is 1. The zero-order valence-corrected chi connectivity index (χ0v) is 12.8. The molecule has 4 nitrogen and oxygen atoms in total. The molecular formula is C14H22N2O2S. The van der Waals surface area contributed by atoms with Crippen molar-refractivity contribution >= 4 is 17.2 Å². The molecule has 1 aliphatic rings. The summed E-state index contributed by atoms with van der Waals surface area (Å²) in [6, 6.07) is 4.01. The molecule has 0 saturated carbocycles. The van der Waals surface area contributed by atoms with Crippen LogP contribution in [0.2, 0.25) is 0 Å². The minimum absolute atomic E-state index is 0.0214. The molecule has 0 radical (unpaired) electrons. The highest BCUT2D eigenvalue weighted by Crippen LogP contribution is 2.31. The van der Waals surface area contributed by atoms with E-state index in [0.717, 1.165) is 6.42 Å². The van der Waals surface area contributed by atoms with Gasteiger partial charge in [-0.1, -0.05) is 13.0 Å². The van der Waals surface area contributed by atoms with Crippen LogP contribution in [0.25, 0.3) is 0 Å². The Morgan fingerprint density at radius 1 is 1.53 bits per heavy atom. The zero-order chi connectivity index (χ0) is 14.0. The highest BCUT2D eigenvalue weighted by molar-refractivity contribution is 7.10. The average molecular weight is 282 g/mol. The minimum atomic E-state index is -0.338. The lowest BCUT2D eigenvalue weighted by molar-refractivity contribution is -0.133. The van der Waals surface area contributed by atoms with Crippen LogP contribution in [-0.2, 0) is 9.53 Å². The van der Waals surface area contributed by atoms with Gasteiger partial charge in [-0.2, -0.15) is 0 Å². The van der Waals surface area contributed by atoms with E-state index in [4.69, 9.17) is 4.74 Å². The largest absolute Gasteiger partial charge is 0.377 e. The summed E-state index contributed by atoms with van der Waals surface area (Å²) >= 11 is 1.67. The first-order valence-electron chi connectivity index (χ1n) is 6.63. The second-order valence-electron chi connectivity index (χ2n) is 5.48. The molecular weight excluding hydrogens is 260 g/mol. The van der Waals surface area contributed by atoms with Crippen molar-refractivity contribution in [1.82, 2.24) is 10.2 Å². The van der Waals surface area contributed by atoms with Crippen molar-refractivity contribution in [2.24, 2.45) is 0 Å². The van der Waals surface area contributed by atoms with E-state index >= 15 is 0 Å². The molecule has 1 saturated heterocycles. The number of hydrogen-bond donors (Lipinski definition) is 1. The lowest BCUT2D eigenvalue weighted by atomic mass is 10.1. The summed E-state index contributed by atoms with van der Waals surface area (Å²) in [7, 11) is 1.69. The molecule has 0 spiro atoms. The van der Waals surface area contributed by atoms with E-state index in [1.807, 2.05) is 37.1 Å². The minimum Gasteiger partial charge on any atom is -0.377 e. The van der Waals surface area contributed by atoms with E-state index in [-0.39, 0.29) is 23.7 Å². The van der Waals surface area contributed by atoms with Gasteiger partial charge in [0.15, 0.2) is 0 Å². The second-order valence-corrected chi connectivity index (χ2v) is 6.45. The van der Waals surface area contributed by atoms with Crippen LogP contribution in [0.1, 0.15) is 38.2 Å². The Labute approximate surface area is 118 Å². The summed E-state index contributed by atoms with van der Waals surface area (Å²) in [4.78, 5) is 15.5. The summed E-state index contributed by atoms with van der Waals surface area (Å²) in [5.74, 6) is 0.172. The third kappa shape index (κ3) is 2.99. The fourth-order valence-electron chi connectivity index (χ4n) is 2.30. The van der Waals surface area contributed by atoms with Crippen molar-refractivity contribution in [3.63, 3.8) is 0 Å². The fraction of sp³-hybridized carbons (Fsp3) is 0.643. The summed E-state index contributed by atoms with van der Waals surface area (Å²) < 4.78 is 5.46. The summed E-state index contributed by atoms with van der Waals surface area (Å²) in [5.41, 5.74) is -0.338. The molecule has 2 heterocycles. The van der Waals surface area contributed by atoms with E-state index in [1.54, 1.807) is 18.4 Å². The lowest BCUT2D eigenvalue weighted by Crippen LogP contribution is -2.43.